The van der Waals surface area contributed by atoms with Crippen molar-refractivity contribution >= 4 is 23.3 Å². The second kappa shape index (κ2) is 8.77. The van der Waals surface area contributed by atoms with Crippen LogP contribution >= 0.6 is 0 Å². The summed E-state index contributed by atoms with van der Waals surface area (Å²) >= 11 is 0. The Kier molecular flexibility index (Phi) is 5.96. The minimum atomic E-state index is -0.533. The fourth-order valence-corrected chi connectivity index (χ4v) is 2.78. The SMILES string of the molecule is CCOC(=O)C(=Cc1cccc([N+](=O)[O-])c1)c1nccn1Cc1ccccc1. The van der Waals surface area contributed by atoms with Crippen molar-refractivity contribution < 1.29 is 14.5 Å². The highest BCUT2D eigenvalue weighted by Gasteiger charge is 2.19. The monoisotopic (exact) mass is 377 g/mol. The zero-order valence-electron chi connectivity index (χ0n) is 15.3. The number of hydrogen-bond donors (Lipinski definition) is 0. The molecular formula is C21H19N3O4. The number of imidazole rings is 1. The third-order valence-electron chi connectivity index (χ3n) is 4.04. The number of nitro benzene ring substituents is 1. The molecule has 0 aliphatic heterocycles. The quantitative estimate of drug-likeness (QED) is 0.269. The Morgan fingerprint density at radius 3 is 2.71 bits per heavy atom. The highest BCUT2D eigenvalue weighted by atomic mass is 16.6. The molecule has 0 spiro atoms. The molecule has 3 rings (SSSR count). The number of rotatable bonds is 7. The standard InChI is InChI=1S/C21H19N3O4/c1-2-28-21(25)19(14-17-9-6-10-18(13-17)24(26)27)20-22-11-12-23(20)15-16-7-4-3-5-8-16/h3-14H,2,15H2,1H3. The van der Waals surface area contributed by atoms with E-state index in [2.05, 4.69) is 4.98 Å². The van der Waals surface area contributed by atoms with Gasteiger partial charge in [0.2, 0.25) is 0 Å². The summed E-state index contributed by atoms with van der Waals surface area (Å²) in [7, 11) is 0. The zero-order chi connectivity index (χ0) is 19.9. The van der Waals surface area contributed by atoms with E-state index in [1.54, 1.807) is 37.5 Å². The van der Waals surface area contributed by atoms with Crippen LogP contribution in [-0.2, 0) is 16.1 Å². The molecule has 3 aromatic rings. The van der Waals surface area contributed by atoms with Gasteiger partial charge in [0, 0.05) is 31.1 Å². The molecule has 0 saturated heterocycles. The fourth-order valence-electron chi connectivity index (χ4n) is 2.78. The number of benzene rings is 2. The van der Waals surface area contributed by atoms with Gasteiger partial charge in [-0.15, -0.1) is 0 Å². The van der Waals surface area contributed by atoms with E-state index in [1.807, 2.05) is 34.9 Å². The first kappa shape index (κ1) is 19.0. The van der Waals surface area contributed by atoms with Crippen molar-refractivity contribution in [2.75, 3.05) is 6.61 Å². The largest absolute Gasteiger partial charge is 0.462 e. The summed E-state index contributed by atoms with van der Waals surface area (Å²) in [6.07, 6.45) is 4.95. The summed E-state index contributed by atoms with van der Waals surface area (Å²) in [6.45, 7) is 2.46. The molecule has 1 aromatic heterocycles. The number of nitrogens with zero attached hydrogens (tertiary/aromatic N) is 3. The van der Waals surface area contributed by atoms with Crippen LogP contribution in [0.15, 0.2) is 67.0 Å². The van der Waals surface area contributed by atoms with Crippen molar-refractivity contribution in [3.8, 4) is 0 Å². The van der Waals surface area contributed by atoms with E-state index in [9.17, 15) is 14.9 Å². The number of nitro groups is 1. The van der Waals surface area contributed by atoms with Crippen molar-refractivity contribution in [2.24, 2.45) is 0 Å². The van der Waals surface area contributed by atoms with E-state index < -0.39 is 10.9 Å². The molecule has 0 bridgehead atoms. The number of hydrogen-bond acceptors (Lipinski definition) is 5. The minimum Gasteiger partial charge on any atom is -0.462 e. The van der Waals surface area contributed by atoms with Crippen LogP contribution < -0.4 is 0 Å². The normalized spacial score (nSPS) is 11.2. The smallest absolute Gasteiger partial charge is 0.341 e. The topological polar surface area (TPSA) is 87.3 Å². The van der Waals surface area contributed by atoms with Gasteiger partial charge in [0.05, 0.1) is 11.5 Å². The predicted octanol–water partition coefficient (Wildman–Crippen LogP) is 3.94. The molecule has 142 valence electrons. The van der Waals surface area contributed by atoms with Crippen molar-refractivity contribution in [3.05, 3.63) is 94.1 Å². The van der Waals surface area contributed by atoms with Gasteiger partial charge in [0.1, 0.15) is 11.4 Å². The lowest BCUT2D eigenvalue weighted by molar-refractivity contribution is -0.384. The highest BCUT2D eigenvalue weighted by molar-refractivity contribution is 6.20. The number of ether oxygens (including phenoxy) is 1. The van der Waals surface area contributed by atoms with Crippen molar-refractivity contribution in [2.45, 2.75) is 13.5 Å². The van der Waals surface area contributed by atoms with Crippen molar-refractivity contribution in [1.29, 1.82) is 0 Å². The molecular weight excluding hydrogens is 358 g/mol. The van der Waals surface area contributed by atoms with Gasteiger partial charge in [-0.2, -0.15) is 0 Å². The Labute approximate surface area is 162 Å². The Bertz CT molecular complexity index is 1010. The average Bonchev–Trinajstić information content (AvgIpc) is 3.15. The Balaban J connectivity index is 2.02. The molecule has 1 heterocycles. The molecule has 7 nitrogen and oxygen atoms in total. The van der Waals surface area contributed by atoms with Crippen LogP contribution in [0.2, 0.25) is 0 Å². The van der Waals surface area contributed by atoms with Crippen LogP contribution in [0.3, 0.4) is 0 Å². The fraction of sp³-hybridized carbons (Fsp3) is 0.143. The first-order valence-corrected chi connectivity index (χ1v) is 8.77. The third kappa shape index (κ3) is 4.50. The summed E-state index contributed by atoms with van der Waals surface area (Å²) in [5.41, 5.74) is 1.76. The molecule has 2 aromatic carbocycles. The number of carbonyl (C=O) groups excluding carboxylic acids is 1. The average molecular weight is 377 g/mol. The third-order valence-corrected chi connectivity index (χ3v) is 4.04. The van der Waals surface area contributed by atoms with Crippen LogP contribution in [-0.4, -0.2) is 27.1 Å². The Morgan fingerprint density at radius 2 is 2.00 bits per heavy atom. The van der Waals surface area contributed by atoms with Crippen molar-refractivity contribution in [3.63, 3.8) is 0 Å². The molecule has 0 saturated carbocycles. The molecule has 0 aliphatic carbocycles. The zero-order valence-corrected chi connectivity index (χ0v) is 15.3. The molecule has 28 heavy (non-hydrogen) atoms. The van der Waals surface area contributed by atoms with Gasteiger partial charge in [0.25, 0.3) is 5.69 Å². The van der Waals surface area contributed by atoms with Crippen LogP contribution in [0.4, 0.5) is 5.69 Å². The second-order valence-corrected chi connectivity index (χ2v) is 5.99. The summed E-state index contributed by atoms with van der Waals surface area (Å²) in [5, 5.41) is 11.0. The molecule has 0 unspecified atom stereocenters. The predicted molar refractivity (Wildman–Crippen MR) is 105 cm³/mol. The summed E-state index contributed by atoms with van der Waals surface area (Å²) < 4.78 is 7.03. The molecule has 0 N–H and O–H groups in total. The first-order chi connectivity index (χ1) is 13.6. The maximum atomic E-state index is 12.6. The van der Waals surface area contributed by atoms with Crippen LogP contribution in [0.25, 0.3) is 11.6 Å². The van der Waals surface area contributed by atoms with Crippen LogP contribution in [0.5, 0.6) is 0 Å². The van der Waals surface area contributed by atoms with E-state index in [1.165, 1.54) is 12.1 Å². The molecule has 0 amide bonds. The molecule has 0 fully saturated rings. The van der Waals surface area contributed by atoms with E-state index in [0.717, 1.165) is 5.56 Å². The van der Waals surface area contributed by atoms with E-state index in [-0.39, 0.29) is 17.9 Å². The Hall–Kier alpha value is -3.74. The second-order valence-electron chi connectivity index (χ2n) is 5.99. The number of non-ortho nitro benzene ring substituents is 1. The van der Waals surface area contributed by atoms with Gasteiger partial charge < -0.3 is 9.30 Å². The highest BCUT2D eigenvalue weighted by Crippen LogP contribution is 2.22. The van der Waals surface area contributed by atoms with Gasteiger partial charge in [-0.3, -0.25) is 10.1 Å². The Morgan fingerprint density at radius 1 is 1.21 bits per heavy atom. The maximum absolute atomic E-state index is 12.6. The van der Waals surface area contributed by atoms with Crippen LogP contribution in [0, 0.1) is 10.1 Å². The first-order valence-electron chi connectivity index (χ1n) is 8.77. The molecule has 0 atom stereocenters. The van der Waals surface area contributed by atoms with E-state index >= 15 is 0 Å². The van der Waals surface area contributed by atoms with E-state index in [0.29, 0.717) is 17.9 Å². The number of carbonyl (C=O) groups is 1. The van der Waals surface area contributed by atoms with E-state index in [4.69, 9.17) is 4.74 Å². The van der Waals surface area contributed by atoms with Crippen molar-refractivity contribution in [1.82, 2.24) is 9.55 Å². The minimum absolute atomic E-state index is 0.0513. The molecule has 0 radical (unpaired) electrons. The molecule has 7 heteroatoms. The van der Waals surface area contributed by atoms with Gasteiger partial charge in [0.15, 0.2) is 0 Å². The van der Waals surface area contributed by atoms with Gasteiger partial charge in [-0.05, 0) is 24.1 Å². The van der Waals surface area contributed by atoms with Crippen LogP contribution in [0.1, 0.15) is 23.9 Å². The molecule has 0 aliphatic rings. The van der Waals surface area contributed by atoms with Gasteiger partial charge in [-0.1, -0.05) is 42.5 Å². The lowest BCUT2D eigenvalue weighted by Gasteiger charge is -2.11. The van der Waals surface area contributed by atoms with Gasteiger partial charge >= 0.3 is 5.97 Å². The number of esters is 1. The van der Waals surface area contributed by atoms with Gasteiger partial charge in [-0.25, -0.2) is 9.78 Å². The number of aromatic nitrogens is 2. The summed E-state index contributed by atoms with van der Waals surface area (Å²) in [6, 6.07) is 15.9. The lowest BCUT2D eigenvalue weighted by atomic mass is 10.1. The lowest BCUT2D eigenvalue weighted by Crippen LogP contribution is -2.12. The maximum Gasteiger partial charge on any atom is 0.341 e. The summed E-state index contributed by atoms with van der Waals surface area (Å²) in [5.74, 6) is -0.0941. The summed E-state index contributed by atoms with van der Waals surface area (Å²) in [4.78, 5) is 27.5.